The van der Waals surface area contributed by atoms with Crippen molar-refractivity contribution in [2.75, 3.05) is 26.6 Å². The average molecular weight is 422 g/mol. The molecule has 3 aromatic rings. The Balaban J connectivity index is 1.53. The molecule has 0 radical (unpaired) electrons. The van der Waals surface area contributed by atoms with E-state index < -0.39 is 0 Å². The second-order valence-electron chi connectivity index (χ2n) is 6.64. The van der Waals surface area contributed by atoms with Gasteiger partial charge in [-0.3, -0.25) is 0 Å². The summed E-state index contributed by atoms with van der Waals surface area (Å²) in [5.74, 6) is 2.30. The number of urea groups is 1. The topological polar surface area (TPSA) is 78.1 Å². The lowest BCUT2D eigenvalue weighted by Crippen LogP contribution is -2.28. The van der Waals surface area contributed by atoms with Gasteiger partial charge in [-0.15, -0.1) is 0 Å². The first kappa shape index (κ1) is 21.8. The molecule has 0 saturated carbocycles. The Bertz CT molecular complexity index is 966. The van der Waals surface area contributed by atoms with Crippen LogP contribution in [0.15, 0.2) is 66.7 Å². The second-order valence-corrected chi connectivity index (χ2v) is 6.64. The number of ether oxygens (including phenoxy) is 4. The molecule has 162 valence electrons. The Kier molecular flexibility index (Phi) is 7.59. The van der Waals surface area contributed by atoms with E-state index in [2.05, 4.69) is 10.6 Å². The van der Waals surface area contributed by atoms with Crippen LogP contribution in [0.4, 0.5) is 10.5 Å². The van der Waals surface area contributed by atoms with Crippen LogP contribution in [0.1, 0.15) is 11.1 Å². The molecule has 2 amide bonds. The molecule has 3 aromatic carbocycles. The highest BCUT2D eigenvalue weighted by atomic mass is 16.5. The molecular weight excluding hydrogens is 396 g/mol. The van der Waals surface area contributed by atoms with Crippen LogP contribution in [-0.2, 0) is 13.2 Å². The fraction of sp³-hybridized carbons (Fsp3) is 0.208. The Hall–Kier alpha value is -3.87. The molecule has 7 nitrogen and oxygen atoms in total. The van der Waals surface area contributed by atoms with Gasteiger partial charge in [0.15, 0.2) is 11.5 Å². The number of carbonyl (C=O) groups excluding carboxylic acids is 1. The van der Waals surface area contributed by atoms with Gasteiger partial charge in [0, 0.05) is 12.2 Å². The summed E-state index contributed by atoms with van der Waals surface area (Å²) >= 11 is 0. The van der Waals surface area contributed by atoms with Crippen LogP contribution in [0.25, 0.3) is 0 Å². The summed E-state index contributed by atoms with van der Waals surface area (Å²) in [5.41, 5.74) is 2.57. The van der Waals surface area contributed by atoms with Gasteiger partial charge in [0.1, 0.15) is 12.4 Å². The zero-order valence-electron chi connectivity index (χ0n) is 17.8. The fourth-order valence-corrected chi connectivity index (χ4v) is 2.97. The molecule has 0 aliphatic heterocycles. The van der Waals surface area contributed by atoms with Gasteiger partial charge in [0.25, 0.3) is 0 Å². The number of hydrogen-bond acceptors (Lipinski definition) is 5. The molecule has 0 saturated heterocycles. The Morgan fingerprint density at radius 1 is 0.806 bits per heavy atom. The fourth-order valence-electron chi connectivity index (χ4n) is 2.97. The minimum atomic E-state index is -0.327. The number of benzene rings is 3. The summed E-state index contributed by atoms with van der Waals surface area (Å²) in [7, 11) is 4.65. The van der Waals surface area contributed by atoms with Crippen molar-refractivity contribution in [2.45, 2.75) is 13.2 Å². The smallest absolute Gasteiger partial charge is 0.319 e. The quantitative estimate of drug-likeness (QED) is 0.526. The summed E-state index contributed by atoms with van der Waals surface area (Å²) in [4.78, 5) is 12.3. The van der Waals surface area contributed by atoms with E-state index in [1.165, 1.54) is 0 Å². The third-order valence-corrected chi connectivity index (χ3v) is 4.54. The van der Waals surface area contributed by atoms with Gasteiger partial charge >= 0.3 is 6.03 Å². The van der Waals surface area contributed by atoms with Gasteiger partial charge in [-0.05, 0) is 47.5 Å². The lowest BCUT2D eigenvalue weighted by molar-refractivity contribution is 0.251. The SMILES string of the molecule is COc1cc(CNC(=O)Nc2ccc(OCc3ccccc3)cc2)cc(OC)c1OC. The molecule has 0 fully saturated rings. The summed E-state index contributed by atoms with van der Waals surface area (Å²) < 4.78 is 21.7. The lowest BCUT2D eigenvalue weighted by Gasteiger charge is -2.14. The van der Waals surface area contributed by atoms with E-state index in [0.29, 0.717) is 36.1 Å². The monoisotopic (exact) mass is 422 g/mol. The van der Waals surface area contributed by atoms with E-state index in [9.17, 15) is 4.79 Å². The van der Waals surface area contributed by atoms with E-state index in [-0.39, 0.29) is 6.03 Å². The van der Waals surface area contributed by atoms with Crippen molar-refractivity contribution in [1.82, 2.24) is 5.32 Å². The van der Waals surface area contributed by atoms with Crippen molar-refractivity contribution in [3.63, 3.8) is 0 Å². The standard InChI is InChI=1S/C24H26N2O5/c1-28-21-13-18(14-22(29-2)23(21)30-3)15-25-24(27)26-19-9-11-20(12-10-19)31-16-17-7-5-4-6-8-17/h4-14H,15-16H2,1-3H3,(H2,25,26,27). The number of rotatable bonds is 9. The number of carbonyl (C=O) groups is 1. The van der Waals surface area contributed by atoms with Crippen molar-refractivity contribution in [2.24, 2.45) is 0 Å². The van der Waals surface area contributed by atoms with Gasteiger partial charge < -0.3 is 29.6 Å². The van der Waals surface area contributed by atoms with Crippen molar-refractivity contribution < 1.29 is 23.7 Å². The highest BCUT2D eigenvalue weighted by Crippen LogP contribution is 2.38. The van der Waals surface area contributed by atoms with Crippen molar-refractivity contribution >= 4 is 11.7 Å². The molecule has 7 heteroatoms. The van der Waals surface area contributed by atoms with Gasteiger partial charge in [-0.2, -0.15) is 0 Å². The summed E-state index contributed by atoms with van der Waals surface area (Å²) in [6, 6.07) is 20.4. The molecule has 0 heterocycles. The lowest BCUT2D eigenvalue weighted by atomic mass is 10.2. The number of amides is 2. The van der Waals surface area contributed by atoms with Crippen LogP contribution in [0.3, 0.4) is 0 Å². The van der Waals surface area contributed by atoms with Crippen molar-refractivity contribution in [3.05, 3.63) is 77.9 Å². The summed E-state index contributed by atoms with van der Waals surface area (Å²) in [6.07, 6.45) is 0. The zero-order valence-corrected chi connectivity index (χ0v) is 17.8. The molecule has 0 bridgehead atoms. The van der Waals surface area contributed by atoms with E-state index in [1.54, 1.807) is 45.6 Å². The Morgan fingerprint density at radius 2 is 1.45 bits per heavy atom. The predicted octanol–water partition coefficient (Wildman–Crippen LogP) is 4.61. The molecule has 0 aliphatic carbocycles. The van der Waals surface area contributed by atoms with Crippen LogP contribution in [0.5, 0.6) is 23.0 Å². The highest BCUT2D eigenvalue weighted by molar-refractivity contribution is 5.89. The van der Waals surface area contributed by atoms with Crippen molar-refractivity contribution in [1.29, 1.82) is 0 Å². The number of nitrogens with one attached hydrogen (secondary N) is 2. The molecule has 0 aliphatic rings. The molecule has 0 unspecified atom stereocenters. The molecule has 3 rings (SSSR count). The predicted molar refractivity (Wildman–Crippen MR) is 119 cm³/mol. The third-order valence-electron chi connectivity index (χ3n) is 4.54. The minimum Gasteiger partial charge on any atom is -0.493 e. The molecule has 0 aromatic heterocycles. The molecular formula is C24H26N2O5. The van der Waals surface area contributed by atoms with Gasteiger partial charge in [-0.1, -0.05) is 30.3 Å². The van der Waals surface area contributed by atoms with Crippen LogP contribution >= 0.6 is 0 Å². The molecule has 2 N–H and O–H groups in total. The number of hydrogen-bond donors (Lipinski definition) is 2. The first-order valence-electron chi connectivity index (χ1n) is 9.73. The van der Waals surface area contributed by atoms with E-state index in [4.69, 9.17) is 18.9 Å². The minimum absolute atomic E-state index is 0.292. The molecule has 31 heavy (non-hydrogen) atoms. The van der Waals surface area contributed by atoms with E-state index in [1.807, 2.05) is 42.5 Å². The first-order chi connectivity index (χ1) is 15.1. The number of anilines is 1. The zero-order chi connectivity index (χ0) is 22.1. The highest BCUT2D eigenvalue weighted by Gasteiger charge is 2.13. The second kappa shape index (κ2) is 10.8. The average Bonchev–Trinajstić information content (AvgIpc) is 2.82. The number of methoxy groups -OCH3 is 3. The first-order valence-corrected chi connectivity index (χ1v) is 9.73. The normalized spacial score (nSPS) is 10.2. The molecule has 0 spiro atoms. The maximum atomic E-state index is 12.3. The van der Waals surface area contributed by atoms with E-state index >= 15 is 0 Å². The maximum Gasteiger partial charge on any atom is 0.319 e. The molecule has 0 atom stereocenters. The summed E-state index contributed by atoms with van der Waals surface area (Å²) in [5, 5.41) is 5.62. The van der Waals surface area contributed by atoms with E-state index in [0.717, 1.165) is 16.9 Å². The third kappa shape index (κ3) is 6.05. The van der Waals surface area contributed by atoms with Crippen molar-refractivity contribution in [3.8, 4) is 23.0 Å². The van der Waals surface area contributed by atoms with Gasteiger partial charge in [0.05, 0.1) is 21.3 Å². The van der Waals surface area contributed by atoms with Crippen LogP contribution in [-0.4, -0.2) is 27.4 Å². The van der Waals surface area contributed by atoms with Crippen LogP contribution in [0.2, 0.25) is 0 Å². The van der Waals surface area contributed by atoms with Gasteiger partial charge in [-0.25, -0.2) is 4.79 Å². The maximum absolute atomic E-state index is 12.3. The van der Waals surface area contributed by atoms with Crippen LogP contribution < -0.4 is 29.6 Å². The largest absolute Gasteiger partial charge is 0.493 e. The Labute approximate surface area is 181 Å². The van der Waals surface area contributed by atoms with Crippen LogP contribution in [0, 0.1) is 0 Å². The summed E-state index contributed by atoms with van der Waals surface area (Å²) in [6.45, 7) is 0.781. The van der Waals surface area contributed by atoms with Gasteiger partial charge in [0.2, 0.25) is 5.75 Å². The Morgan fingerprint density at radius 3 is 2.03 bits per heavy atom.